The van der Waals surface area contributed by atoms with Crippen LogP contribution >= 0.6 is 23.4 Å². The first-order valence-electron chi connectivity index (χ1n) is 8.98. The van der Waals surface area contributed by atoms with Gasteiger partial charge in [0, 0.05) is 32.8 Å². The lowest BCUT2D eigenvalue weighted by Crippen LogP contribution is -2.32. The van der Waals surface area contributed by atoms with Crippen LogP contribution in [0, 0.1) is 0 Å². The SMILES string of the molecule is CCCC(C)NC(=O)c1ccc(OCC)c(CSc2ccc(Cl)cc2)c1. The molecule has 1 atom stereocenters. The smallest absolute Gasteiger partial charge is 0.251 e. The van der Waals surface area contributed by atoms with Crippen LogP contribution in [0.25, 0.3) is 0 Å². The lowest BCUT2D eigenvalue weighted by molar-refractivity contribution is 0.0938. The molecule has 0 bridgehead atoms. The molecule has 0 aliphatic heterocycles. The molecular weight excluding hydrogens is 366 g/mol. The molecule has 0 aromatic heterocycles. The fraction of sp³-hybridized carbons (Fsp3) is 0.381. The normalized spacial score (nSPS) is 11.8. The van der Waals surface area contributed by atoms with Gasteiger partial charge < -0.3 is 10.1 Å². The first-order valence-corrected chi connectivity index (χ1v) is 10.3. The summed E-state index contributed by atoms with van der Waals surface area (Å²) in [7, 11) is 0. The Kier molecular flexibility index (Phi) is 8.33. The first kappa shape index (κ1) is 20.7. The molecule has 2 aromatic carbocycles. The summed E-state index contributed by atoms with van der Waals surface area (Å²) in [6.45, 7) is 6.71. The van der Waals surface area contributed by atoms with Gasteiger partial charge in [-0.2, -0.15) is 0 Å². The number of nitrogens with one attached hydrogen (secondary N) is 1. The van der Waals surface area contributed by atoms with Gasteiger partial charge in [0.15, 0.2) is 0 Å². The second kappa shape index (κ2) is 10.5. The molecule has 1 N–H and O–H groups in total. The number of hydrogen-bond donors (Lipinski definition) is 1. The molecule has 0 aliphatic carbocycles. The van der Waals surface area contributed by atoms with E-state index in [1.54, 1.807) is 11.8 Å². The highest BCUT2D eigenvalue weighted by Crippen LogP contribution is 2.29. The van der Waals surface area contributed by atoms with E-state index in [2.05, 4.69) is 12.2 Å². The van der Waals surface area contributed by atoms with Gasteiger partial charge in [-0.15, -0.1) is 11.8 Å². The van der Waals surface area contributed by atoms with Crippen LogP contribution in [-0.2, 0) is 5.75 Å². The van der Waals surface area contributed by atoms with Crippen LogP contribution < -0.4 is 10.1 Å². The molecule has 1 amide bonds. The third-order valence-corrected chi connectivity index (χ3v) is 5.24. The zero-order valence-corrected chi connectivity index (χ0v) is 17.1. The molecule has 2 aromatic rings. The Labute approximate surface area is 165 Å². The molecule has 5 heteroatoms. The van der Waals surface area contributed by atoms with Crippen LogP contribution in [0.4, 0.5) is 0 Å². The van der Waals surface area contributed by atoms with Crippen LogP contribution in [0.2, 0.25) is 5.02 Å². The summed E-state index contributed by atoms with van der Waals surface area (Å²) in [5, 5.41) is 3.78. The fourth-order valence-corrected chi connectivity index (χ4v) is 3.64. The van der Waals surface area contributed by atoms with Crippen LogP contribution in [0.15, 0.2) is 47.4 Å². The van der Waals surface area contributed by atoms with Gasteiger partial charge in [0.2, 0.25) is 0 Å². The Balaban J connectivity index is 2.13. The number of benzene rings is 2. The predicted molar refractivity (Wildman–Crippen MR) is 110 cm³/mol. The summed E-state index contributed by atoms with van der Waals surface area (Å²) in [5.41, 5.74) is 1.69. The van der Waals surface area contributed by atoms with Gasteiger partial charge in [-0.05, 0) is 62.7 Å². The van der Waals surface area contributed by atoms with E-state index in [1.165, 1.54) is 0 Å². The van der Waals surface area contributed by atoms with Crippen molar-refractivity contribution in [3.05, 3.63) is 58.6 Å². The van der Waals surface area contributed by atoms with E-state index < -0.39 is 0 Å². The minimum atomic E-state index is -0.0354. The summed E-state index contributed by atoms with van der Waals surface area (Å²) in [6.07, 6.45) is 2.02. The quantitative estimate of drug-likeness (QED) is 0.537. The number of rotatable bonds is 9. The lowest BCUT2D eigenvalue weighted by Gasteiger charge is -2.15. The lowest BCUT2D eigenvalue weighted by atomic mass is 10.1. The van der Waals surface area contributed by atoms with Crippen molar-refractivity contribution >= 4 is 29.3 Å². The van der Waals surface area contributed by atoms with Gasteiger partial charge >= 0.3 is 0 Å². The minimum absolute atomic E-state index is 0.0354. The Hall–Kier alpha value is -1.65. The molecule has 26 heavy (non-hydrogen) atoms. The maximum absolute atomic E-state index is 12.5. The van der Waals surface area contributed by atoms with E-state index in [4.69, 9.17) is 16.3 Å². The summed E-state index contributed by atoms with van der Waals surface area (Å²) in [5.74, 6) is 1.52. The molecule has 2 rings (SSSR count). The van der Waals surface area contributed by atoms with E-state index >= 15 is 0 Å². The molecule has 3 nitrogen and oxygen atoms in total. The van der Waals surface area contributed by atoms with Crippen LogP contribution in [0.3, 0.4) is 0 Å². The van der Waals surface area contributed by atoms with E-state index in [1.807, 2.05) is 56.3 Å². The minimum Gasteiger partial charge on any atom is -0.494 e. The number of amides is 1. The van der Waals surface area contributed by atoms with E-state index in [0.29, 0.717) is 12.2 Å². The maximum atomic E-state index is 12.5. The number of thioether (sulfide) groups is 1. The Morgan fingerprint density at radius 2 is 1.92 bits per heavy atom. The number of ether oxygens (including phenoxy) is 1. The average molecular weight is 392 g/mol. The second-order valence-corrected chi connectivity index (χ2v) is 7.65. The average Bonchev–Trinajstić information content (AvgIpc) is 2.62. The second-order valence-electron chi connectivity index (χ2n) is 6.16. The van der Waals surface area contributed by atoms with Crippen LogP contribution in [0.5, 0.6) is 5.75 Å². The zero-order chi connectivity index (χ0) is 18.9. The van der Waals surface area contributed by atoms with Crippen molar-refractivity contribution in [3.8, 4) is 5.75 Å². The highest BCUT2D eigenvalue weighted by Gasteiger charge is 2.13. The monoisotopic (exact) mass is 391 g/mol. The maximum Gasteiger partial charge on any atom is 0.251 e. The van der Waals surface area contributed by atoms with Gasteiger partial charge in [-0.3, -0.25) is 4.79 Å². The molecule has 0 radical (unpaired) electrons. The van der Waals surface area contributed by atoms with Gasteiger partial charge in [0.25, 0.3) is 5.91 Å². The zero-order valence-electron chi connectivity index (χ0n) is 15.5. The van der Waals surface area contributed by atoms with Gasteiger partial charge in [-0.25, -0.2) is 0 Å². The van der Waals surface area contributed by atoms with Crippen molar-refractivity contribution in [3.63, 3.8) is 0 Å². The molecule has 0 fully saturated rings. The molecular formula is C21H26ClNO2S. The van der Waals surface area contributed by atoms with Crippen molar-refractivity contribution in [1.82, 2.24) is 5.32 Å². The van der Waals surface area contributed by atoms with Crippen molar-refractivity contribution in [2.24, 2.45) is 0 Å². The Bertz CT molecular complexity index is 718. The molecule has 0 spiro atoms. The fourth-order valence-electron chi connectivity index (χ4n) is 2.63. The Morgan fingerprint density at radius 1 is 1.19 bits per heavy atom. The predicted octanol–water partition coefficient (Wildman–Crippen LogP) is 5.95. The molecule has 0 aliphatic rings. The molecule has 0 saturated heterocycles. The first-order chi connectivity index (χ1) is 12.5. The van der Waals surface area contributed by atoms with Gasteiger partial charge in [0.1, 0.15) is 5.75 Å². The van der Waals surface area contributed by atoms with Crippen LogP contribution in [0.1, 0.15) is 49.5 Å². The van der Waals surface area contributed by atoms with E-state index in [0.717, 1.165) is 39.8 Å². The number of carbonyl (C=O) groups excluding carboxylic acids is 1. The Morgan fingerprint density at radius 3 is 2.58 bits per heavy atom. The molecule has 140 valence electrons. The van der Waals surface area contributed by atoms with Crippen molar-refractivity contribution < 1.29 is 9.53 Å². The van der Waals surface area contributed by atoms with Crippen molar-refractivity contribution in [2.75, 3.05) is 6.61 Å². The third kappa shape index (κ3) is 6.26. The molecule has 0 heterocycles. The van der Waals surface area contributed by atoms with E-state index in [-0.39, 0.29) is 11.9 Å². The summed E-state index contributed by atoms with van der Waals surface area (Å²) >= 11 is 7.64. The summed E-state index contributed by atoms with van der Waals surface area (Å²) in [4.78, 5) is 13.6. The highest BCUT2D eigenvalue weighted by atomic mass is 35.5. The topological polar surface area (TPSA) is 38.3 Å². The summed E-state index contributed by atoms with van der Waals surface area (Å²) < 4.78 is 5.73. The van der Waals surface area contributed by atoms with Crippen molar-refractivity contribution in [2.45, 2.75) is 50.3 Å². The van der Waals surface area contributed by atoms with Gasteiger partial charge in [0.05, 0.1) is 6.61 Å². The molecule has 0 saturated carbocycles. The summed E-state index contributed by atoms with van der Waals surface area (Å²) in [6, 6.07) is 13.6. The highest BCUT2D eigenvalue weighted by molar-refractivity contribution is 7.98. The molecule has 1 unspecified atom stereocenters. The standard InChI is InChI=1S/C21H26ClNO2S/c1-4-6-15(3)23-21(24)16-7-12-20(25-5-2)17(13-16)14-26-19-10-8-18(22)9-11-19/h7-13,15H,4-6,14H2,1-3H3,(H,23,24). The van der Waals surface area contributed by atoms with Crippen LogP contribution in [-0.4, -0.2) is 18.6 Å². The van der Waals surface area contributed by atoms with Gasteiger partial charge in [-0.1, -0.05) is 24.9 Å². The van der Waals surface area contributed by atoms with Crippen molar-refractivity contribution in [1.29, 1.82) is 0 Å². The van der Waals surface area contributed by atoms with E-state index in [9.17, 15) is 4.79 Å². The largest absolute Gasteiger partial charge is 0.494 e. The number of hydrogen-bond acceptors (Lipinski definition) is 3. The number of halogens is 1. The number of carbonyl (C=O) groups is 1. The third-order valence-electron chi connectivity index (χ3n) is 3.93.